The number of fused-ring (bicyclic) bond motifs is 1. The molecule has 0 amide bonds. The first-order valence-electron chi connectivity index (χ1n) is 8.38. The van der Waals surface area contributed by atoms with E-state index in [9.17, 15) is 0 Å². The summed E-state index contributed by atoms with van der Waals surface area (Å²) in [5.41, 5.74) is 8.98. The monoisotopic (exact) mass is 323 g/mol. The fraction of sp³-hybridized carbons (Fsp3) is 0.238. The smallest absolute Gasteiger partial charge is 0.0532 e. The molecule has 0 spiro atoms. The molecule has 0 bridgehead atoms. The Bertz CT molecular complexity index is 959. The molecule has 23 heavy (non-hydrogen) atoms. The summed E-state index contributed by atoms with van der Waals surface area (Å²) in [5, 5.41) is 2.87. The van der Waals surface area contributed by atoms with E-state index in [1.54, 1.807) is 5.56 Å². The van der Waals surface area contributed by atoms with Gasteiger partial charge in [0.1, 0.15) is 0 Å². The van der Waals surface area contributed by atoms with Crippen molar-refractivity contribution >= 4 is 22.1 Å². The number of anilines is 2. The zero-order chi connectivity index (χ0) is 14.3. The Balaban J connectivity index is 0.00000121. The van der Waals surface area contributed by atoms with Crippen molar-refractivity contribution in [2.45, 2.75) is 31.7 Å². The van der Waals surface area contributed by atoms with Crippen molar-refractivity contribution in [2.24, 2.45) is 0 Å². The molecule has 3 aliphatic rings. The van der Waals surface area contributed by atoms with E-state index < -0.39 is 0 Å². The minimum Gasteiger partial charge on any atom is -0.337 e. The third kappa shape index (κ3) is 1.74. The van der Waals surface area contributed by atoms with Gasteiger partial charge in [0.15, 0.2) is 0 Å². The number of hydrogen-bond acceptors (Lipinski definition) is 1. The van der Waals surface area contributed by atoms with Crippen LogP contribution >= 0.6 is 0 Å². The van der Waals surface area contributed by atoms with Crippen molar-refractivity contribution in [3.05, 3.63) is 59.7 Å². The summed E-state index contributed by atoms with van der Waals surface area (Å²) in [5.74, 6) is 0. The van der Waals surface area contributed by atoms with E-state index in [1.807, 2.05) is 0 Å². The molecule has 0 aromatic heterocycles. The van der Waals surface area contributed by atoms with Crippen LogP contribution in [0.25, 0.3) is 21.9 Å². The first-order valence-corrected chi connectivity index (χ1v) is 8.38. The molecule has 1 unspecified atom stereocenters. The largest absolute Gasteiger partial charge is 0.337 e. The van der Waals surface area contributed by atoms with Crippen LogP contribution in [0, 0.1) is 37.7 Å². The molecule has 2 heteroatoms. The normalized spacial score (nSPS) is 19.5. The zero-order valence-corrected chi connectivity index (χ0v) is 13.5. The number of para-hydroxylation sites is 1. The van der Waals surface area contributed by atoms with Gasteiger partial charge >= 0.3 is 0 Å². The molecular weight excluding hydrogens is 306 g/mol. The molecule has 3 aliphatic heterocycles. The van der Waals surface area contributed by atoms with Crippen molar-refractivity contribution in [1.29, 1.82) is 0 Å². The summed E-state index contributed by atoms with van der Waals surface area (Å²) in [6, 6.07) is 19.1. The maximum absolute atomic E-state index is 2.70. The average Bonchev–Trinajstić information content (AvgIpc) is 2.59. The molecule has 0 fully saturated rings. The maximum Gasteiger partial charge on any atom is 0.0532 e. The molecule has 0 saturated carbocycles. The van der Waals surface area contributed by atoms with Gasteiger partial charge in [-0.15, -0.1) is 0 Å². The van der Waals surface area contributed by atoms with Crippen LogP contribution in [-0.2, 0) is 12.8 Å². The van der Waals surface area contributed by atoms with Gasteiger partial charge in [-0.05, 0) is 47.8 Å². The van der Waals surface area contributed by atoms with E-state index in [4.69, 9.17) is 0 Å². The molecule has 3 aromatic rings. The van der Waals surface area contributed by atoms with E-state index in [1.165, 1.54) is 64.5 Å². The Morgan fingerprint density at radius 1 is 0.739 bits per heavy atom. The van der Waals surface area contributed by atoms with E-state index in [2.05, 4.69) is 53.4 Å². The molecule has 114 valence electrons. The van der Waals surface area contributed by atoms with Gasteiger partial charge in [-0.1, -0.05) is 48.5 Å². The quantitative estimate of drug-likeness (QED) is 0.548. The minimum atomic E-state index is 0. The summed E-state index contributed by atoms with van der Waals surface area (Å²) < 4.78 is 0. The fourth-order valence-corrected chi connectivity index (χ4v) is 4.92. The van der Waals surface area contributed by atoms with Crippen LogP contribution in [0.1, 0.15) is 24.0 Å². The van der Waals surface area contributed by atoms with Gasteiger partial charge in [-0.2, -0.15) is 0 Å². The molecule has 0 aliphatic carbocycles. The third-order valence-corrected chi connectivity index (χ3v) is 5.85. The molecule has 3 aromatic carbocycles. The van der Waals surface area contributed by atoms with Gasteiger partial charge in [0.05, 0.1) is 11.4 Å². The minimum absolute atomic E-state index is 0. The first-order chi connectivity index (χ1) is 10.9. The van der Waals surface area contributed by atoms with Crippen molar-refractivity contribution < 1.29 is 37.7 Å². The molecule has 1 nitrogen and oxygen atoms in total. The summed E-state index contributed by atoms with van der Waals surface area (Å²) in [7, 11) is 0. The molecule has 0 radical (unpaired) electrons. The van der Waals surface area contributed by atoms with Crippen LogP contribution in [0.3, 0.4) is 0 Å². The number of aryl methyl sites for hydroxylation is 2. The van der Waals surface area contributed by atoms with Crippen molar-refractivity contribution in [1.82, 2.24) is 0 Å². The van der Waals surface area contributed by atoms with Crippen LogP contribution in [-0.4, -0.2) is 6.04 Å². The van der Waals surface area contributed by atoms with Crippen LogP contribution in [0.2, 0.25) is 0 Å². The van der Waals surface area contributed by atoms with Crippen LogP contribution in [0.15, 0.2) is 48.5 Å². The second kappa shape index (κ2) is 4.99. The number of rotatable bonds is 0. The summed E-state index contributed by atoms with van der Waals surface area (Å²) in [4.78, 5) is 2.70. The number of hydrogen-bond donors (Lipinski definition) is 0. The van der Waals surface area contributed by atoms with E-state index in [0.717, 1.165) is 0 Å². The fourth-order valence-electron chi connectivity index (χ4n) is 4.92. The average molecular weight is 323 g/mol. The van der Waals surface area contributed by atoms with Gasteiger partial charge in [-0.3, -0.25) is 0 Å². The zero-order valence-electron chi connectivity index (χ0n) is 12.8. The van der Waals surface area contributed by atoms with Crippen molar-refractivity contribution in [2.75, 3.05) is 4.90 Å². The summed E-state index contributed by atoms with van der Waals surface area (Å²) in [6.07, 6.45) is 5.07. The topological polar surface area (TPSA) is 3.24 Å². The van der Waals surface area contributed by atoms with Crippen molar-refractivity contribution in [3.8, 4) is 11.1 Å². The Morgan fingerprint density at radius 3 is 2.35 bits per heavy atom. The Labute approximate surface area is 166 Å². The van der Waals surface area contributed by atoms with E-state index >= 15 is 0 Å². The Morgan fingerprint density at radius 2 is 1.48 bits per heavy atom. The van der Waals surface area contributed by atoms with Gasteiger partial charge in [-0.25, -0.2) is 0 Å². The summed E-state index contributed by atoms with van der Waals surface area (Å²) in [6.45, 7) is 0. The van der Waals surface area contributed by atoms with Gasteiger partial charge in [0, 0.05) is 54.7 Å². The molecule has 1 atom stereocenters. The predicted molar refractivity (Wildman–Crippen MR) is 92.0 cm³/mol. The SMILES string of the molecule is [Ar].c1cc2c3c(c1)-c1cccc4ccc5c(c14)N3C(CC2)CC5. The first kappa shape index (κ1) is 14.3. The van der Waals surface area contributed by atoms with E-state index in [-0.39, 0.29) is 37.7 Å². The van der Waals surface area contributed by atoms with Crippen LogP contribution < -0.4 is 4.90 Å². The van der Waals surface area contributed by atoms with E-state index in [0.29, 0.717) is 6.04 Å². The molecule has 6 rings (SSSR count). The van der Waals surface area contributed by atoms with Crippen LogP contribution in [0.4, 0.5) is 11.4 Å². The second-order valence-electron chi connectivity index (χ2n) is 6.89. The molecule has 0 saturated heterocycles. The van der Waals surface area contributed by atoms with Gasteiger partial charge in [0.2, 0.25) is 0 Å². The number of nitrogens with zero attached hydrogens (tertiary/aromatic N) is 1. The van der Waals surface area contributed by atoms with Crippen LogP contribution in [0.5, 0.6) is 0 Å². The molecular formula is C21H17ArN. The standard InChI is InChI=1S/C21H17N.Ar/c1-3-13-7-8-15-10-12-16-11-9-14-4-2-6-18-17(5-1)19(13)21(15)22(16)20(14)18;/h1-8,16H,9-12H2;. The Hall–Kier alpha value is -1.02. The molecule has 0 N–H and O–H groups in total. The maximum atomic E-state index is 2.70. The molecule has 3 heterocycles. The second-order valence-corrected chi connectivity index (χ2v) is 6.89. The third-order valence-electron chi connectivity index (χ3n) is 5.85. The number of benzene rings is 3. The summed E-state index contributed by atoms with van der Waals surface area (Å²) >= 11 is 0. The van der Waals surface area contributed by atoms with Gasteiger partial charge in [0.25, 0.3) is 0 Å². The Kier molecular flexibility index (Phi) is 3.11. The van der Waals surface area contributed by atoms with Crippen molar-refractivity contribution in [3.63, 3.8) is 0 Å². The predicted octanol–water partition coefficient (Wildman–Crippen LogP) is 5.22. The van der Waals surface area contributed by atoms with Gasteiger partial charge < -0.3 is 4.90 Å².